The number of rotatable bonds is 8. The number of anilines is 1. The standard InChI is InChI=1S/C29H28N4O5S2/c1-19-4-3-11-30-27(19)20-14-21(16-25(15-20)38-24-5-7-26(8-6-24)40(2,36)37)28(35)32-29-31-22(18-39-29)17-33-12-9-23(34)10-13-33/h3-8,11,14-16,18H,9-10,12-13,17H2,1-2H3,(H,31,32,35). The number of aromatic nitrogens is 2. The Hall–Kier alpha value is -3.93. The largest absolute Gasteiger partial charge is 0.457 e. The quantitative estimate of drug-likeness (QED) is 0.307. The third-order valence-electron chi connectivity index (χ3n) is 6.51. The van der Waals surface area contributed by atoms with Crippen LogP contribution in [0.1, 0.15) is 34.5 Å². The number of piperidine rings is 1. The molecule has 1 aliphatic rings. The van der Waals surface area contributed by atoms with Crippen LogP contribution in [-0.4, -0.2) is 54.3 Å². The Morgan fingerprint density at radius 1 is 1.07 bits per heavy atom. The van der Waals surface area contributed by atoms with E-state index in [1.54, 1.807) is 36.5 Å². The molecule has 0 unspecified atom stereocenters. The van der Waals surface area contributed by atoms with Crippen LogP contribution in [0.2, 0.25) is 0 Å². The lowest BCUT2D eigenvalue weighted by Gasteiger charge is -2.24. The van der Waals surface area contributed by atoms with Gasteiger partial charge >= 0.3 is 0 Å². The van der Waals surface area contributed by atoms with E-state index in [0.717, 1.165) is 30.6 Å². The second kappa shape index (κ2) is 11.7. The average Bonchev–Trinajstić information content (AvgIpc) is 3.36. The number of amides is 1. The van der Waals surface area contributed by atoms with Crippen LogP contribution >= 0.6 is 11.3 Å². The summed E-state index contributed by atoms with van der Waals surface area (Å²) < 4.78 is 29.7. The number of sulfone groups is 1. The van der Waals surface area contributed by atoms with E-state index in [9.17, 15) is 18.0 Å². The van der Waals surface area contributed by atoms with Gasteiger partial charge in [0.2, 0.25) is 0 Å². The minimum absolute atomic E-state index is 0.189. The Morgan fingerprint density at radius 2 is 1.82 bits per heavy atom. The zero-order valence-electron chi connectivity index (χ0n) is 22.1. The van der Waals surface area contributed by atoms with Gasteiger partial charge in [-0.1, -0.05) is 6.07 Å². The van der Waals surface area contributed by atoms with Gasteiger partial charge in [0.05, 0.1) is 16.3 Å². The van der Waals surface area contributed by atoms with Gasteiger partial charge in [0, 0.05) is 61.4 Å². The number of Topliss-reactive ketones (excluding diaryl/α,β-unsaturated/α-hetero) is 1. The molecular weight excluding hydrogens is 548 g/mol. The summed E-state index contributed by atoms with van der Waals surface area (Å²) in [5.74, 6) is 0.772. The van der Waals surface area contributed by atoms with Gasteiger partial charge in [-0.2, -0.15) is 0 Å². The van der Waals surface area contributed by atoms with Crippen molar-refractivity contribution < 1.29 is 22.7 Å². The molecule has 0 atom stereocenters. The molecule has 0 spiro atoms. The topological polar surface area (TPSA) is 119 Å². The maximum atomic E-state index is 13.3. The van der Waals surface area contributed by atoms with Crippen molar-refractivity contribution >= 4 is 38.0 Å². The molecule has 1 N–H and O–H groups in total. The molecule has 0 saturated carbocycles. The molecule has 1 fully saturated rings. The molecule has 3 heterocycles. The molecule has 40 heavy (non-hydrogen) atoms. The Bertz CT molecular complexity index is 1660. The average molecular weight is 577 g/mol. The molecule has 206 valence electrons. The summed E-state index contributed by atoms with van der Waals surface area (Å²) in [6.45, 7) is 4.01. The molecule has 9 nitrogen and oxygen atoms in total. The van der Waals surface area contributed by atoms with E-state index in [2.05, 4.69) is 20.2 Å². The second-order valence-electron chi connectivity index (χ2n) is 9.67. The molecule has 4 aromatic rings. The van der Waals surface area contributed by atoms with Crippen LogP contribution in [0.25, 0.3) is 11.3 Å². The minimum atomic E-state index is -3.33. The molecule has 2 aromatic carbocycles. The maximum Gasteiger partial charge on any atom is 0.257 e. The number of hydrogen-bond acceptors (Lipinski definition) is 9. The first-order valence-electron chi connectivity index (χ1n) is 12.7. The van der Waals surface area contributed by atoms with Crippen molar-refractivity contribution in [3.8, 4) is 22.8 Å². The van der Waals surface area contributed by atoms with Crippen LogP contribution in [-0.2, 0) is 21.2 Å². The summed E-state index contributed by atoms with van der Waals surface area (Å²) in [4.78, 5) is 36.3. The molecule has 0 bridgehead atoms. The van der Waals surface area contributed by atoms with E-state index in [1.165, 1.54) is 23.5 Å². The predicted molar refractivity (Wildman–Crippen MR) is 154 cm³/mol. The van der Waals surface area contributed by atoms with E-state index >= 15 is 0 Å². The second-order valence-corrected chi connectivity index (χ2v) is 12.5. The van der Waals surface area contributed by atoms with Gasteiger partial charge in [0.15, 0.2) is 15.0 Å². The molecule has 2 aromatic heterocycles. The van der Waals surface area contributed by atoms with Gasteiger partial charge in [0.1, 0.15) is 17.3 Å². The number of ether oxygens (including phenoxy) is 1. The predicted octanol–water partition coefficient (Wildman–Crippen LogP) is 5.13. The summed E-state index contributed by atoms with van der Waals surface area (Å²) >= 11 is 1.35. The van der Waals surface area contributed by atoms with Crippen molar-refractivity contribution in [3.05, 3.63) is 83.0 Å². The van der Waals surface area contributed by atoms with Crippen molar-refractivity contribution in [1.29, 1.82) is 0 Å². The number of pyridine rings is 1. The molecular formula is C29H28N4O5S2. The third kappa shape index (κ3) is 6.79. The first-order chi connectivity index (χ1) is 19.1. The summed E-state index contributed by atoms with van der Waals surface area (Å²) in [6, 6.07) is 15.1. The van der Waals surface area contributed by atoms with E-state index in [4.69, 9.17) is 4.74 Å². The van der Waals surface area contributed by atoms with Crippen molar-refractivity contribution in [1.82, 2.24) is 14.9 Å². The van der Waals surface area contributed by atoms with E-state index in [-0.39, 0.29) is 10.8 Å². The number of thiazole rings is 1. The van der Waals surface area contributed by atoms with Gasteiger partial charge < -0.3 is 4.74 Å². The fourth-order valence-corrected chi connectivity index (χ4v) is 5.73. The Labute approximate surface area is 236 Å². The van der Waals surface area contributed by atoms with Crippen molar-refractivity contribution in [2.24, 2.45) is 0 Å². The maximum absolute atomic E-state index is 13.3. The highest BCUT2D eigenvalue weighted by Crippen LogP contribution is 2.31. The highest BCUT2D eigenvalue weighted by Gasteiger charge is 2.19. The molecule has 1 saturated heterocycles. The fraction of sp³-hybridized carbons (Fsp3) is 0.241. The number of nitrogens with one attached hydrogen (secondary N) is 1. The number of ketones is 1. The van der Waals surface area contributed by atoms with Gasteiger partial charge in [-0.25, -0.2) is 13.4 Å². The lowest BCUT2D eigenvalue weighted by atomic mass is 10.0. The van der Waals surface area contributed by atoms with E-state index < -0.39 is 9.84 Å². The van der Waals surface area contributed by atoms with Crippen LogP contribution in [0.3, 0.4) is 0 Å². The number of carbonyl (C=O) groups excluding carboxylic acids is 2. The van der Waals surface area contributed by atoms with Crippen LogP contribution in [0, 0.1) is 6.92 Å². The van der Waals surface area contributed by atoms with Gasteiger partial charge in [-0.15, -0.1) is 11.3 Å². The first kappa shape index (κ1) is 27.6. The summed E-state index contributed by atoms with van der Waals surface area (Å²) in [7, 11) is -3.33. The van der Waals surface area contributed by atoms with Crippen LogP contribution in [0.15, 0.2) is 71.1 Å². The zero-order valence-corrected chi connectivity index (χ0v) is 23.7. The molecule has 0 radical (unpaired) electrons. The summed E-state index contributed by atoms with van der Waals surface area (Å²) in [5, 5.41) is 5.27. The van der Waals surface area contributed by atoms with E-state index in [1.807, 2.05) is 24.4 Å². The highest BCUT2D eigenvalue weighted by atomic mass is 32.2. The van der Waals surface area contributed by atoms with Gasteiger partial charge in [0.25, 0.3) is 5.91 Å². The normalized spacial score (nSPS) is 14.2. The van der Waals surface area contributed by atoms with Crippen LogP contribution in [0.4, 0.5) is 5.13 Å². The van der Waals surface area contributed by atoms with Crippen molar-refractivity contribution in [2.75, 3.05) is 24.7 Å². The molecule has 5 rings (SSSR count). The number of hydrogen-bond donors (Lipinski definition) is 1. The zero-order chi connectivity index (χ0) is 28.3. The lowest BCUT2D eigenvalue weighted by molar-refractivity contribution is -0.121. The number of benzene rings is 2. The Morgan fingerprint density at radius 3 is 2.52 bits per heavy atom. The SMILES string of the molecule is Cc1cccnc1-c1cc(Oc2ccc(S(C)(=O)=O)cc2)cc(C(=O)Nc2nc(CN3CCC(=O)CC3)cs2)c1. The van der Waals surface area contributed by atoms with Crippen LogP contribution < -0.4 is 10.1 Å². The number of nitrogens with zero attached hydrogens (tertiary/aromatic N) is 3. The number of likely N-dealkylation sites (tertiary alicyclic amines) is 1. The van der Waals surface area contributed by atoms with Crippen LogP contribution in [0.5, 0.6) is 11.5 Å². The fourth-order valence-electron chi connectivity index (χ4n) is 4.40. The molecule has 1 amide bonds. The first-order valence-corrected chi connectivity index (χ1v) is 15.5. The molecule has 11 heteroatoms. The van der Waals surface area contributed by atoms with E-state index in [0.29, 0.717) is 58.6 Å². The summed E-state index contributed by atoms with van der Waals surface area (Å²) in [6.07, 6.45) is 3.96. The van der Waals surface area contributed by atoms with Gasteiger partial charge in [-0.05, 0) is 61.0 Å². The highest BCUT2D eigenvalue weighted by molar-refractivity contribution is 7.90. The number of carbonyl (C=O) groups is 2. The molecule has 1 aliphatic heterocycles. The Balaban J connectivity index is 1.38. The lowest BCUT2D eigenvalue weighted by Crippen LogP contribution is -2.33. The number of aryl methyl sites for hydroxylation is 1. The smallest absolute Gasteiger partial charge is 0.257 e. The van der Waals surface area contributed by atoms with Crippen molar-refractivity contribution in [3.63, 3.8) is 0 Å². The third-order valence-corrected chi connectivity index (χ3v) is 8.45. The van der Waals surface area contributed by atoms with Crippen molar-refractivity contribution in [2.45, 2.75) is 31.2 Å². The van der Waals surface area contributed by atoms with Gasteiger partial charge in [-0.3, -0.25) is 24.8 Å². The summed E-state index contributed by atoms with van der Waals surface area (Å²) in [5.41, 5.74) is 3.55. The minimum Gasteiger partial charge on any atom is -0.457 e. The Kier molecular flexibility index (Phi) is 8.06. The molecule has 0 aliphatic carbocycles. The monoisotopic (exact) mass is 576 g/mol.